The summed E-state index contributed by atoms with van der Waals surface area (Å²) in [6.07, 6.45) is 1.86. The van der Waals surface area contributed by atoms with Gasteiger partial charge in [-0.25, -0.2) is 9.59 Å². The predicted octanol–water partition coefficient (Wildman–Crippen LogP) is 5.80. The second kappa shape index (κ2) is 11.7. The van der Waals surface area contributed by atoms with Crippen molar-refractivity contribution in [2.45, 2.75) is 32.7 Å². The molecule has 0 spiro atoms. The first kappa shape index (κ1) is 28.3. The molecule has 1 fully saturated rings. The van der Waals surface area contributed by atoms with Gasteiger partial charge in [0.25, 0.3) is 0 Å². The van der Waals surface area contributed by atoms with Crippen molar-refractivity contribution in [2.24, 2.45) is 7.05 Å². The quantitative estimate of drug-likeness (QED) is 0.292. The van der Waals surface area contributed by atoms with Gasteiger partial charge in [-0.05, 0) is 29.0 Å². The van der Waals surface area contributed by atoms with E-state index in [4.69, 9.17) is 14.5 Å². The Hall–Kier alpha value is -4.21. The molecule has 1 saturated heterocycles. The van der Waals surface area contributed by atoms with E-state index in [1.165, 1.54) is 7.11 Å². The molecule has 0 unspecified atom stereocenters. The number of nitrogens with one attached hydrogen (secondary N) is 2. The zero-order chi connectivity index (χ0) is 29.1. The van der Waals surface area contributed by atoms with Crippen LogP contribution in [-0.2, 0) is 28.5 Å². The van der Waals surface area contributed by atoms with Gasteiger partial charge < -0.3 is 24.7 Å². The summed E-state index contributed by atoms with van der Waals surface area (Å²) < 4.78 is 12.2. The molecule has 9 heteroatoms. The number of benzene rings is 2. The van der Waals surface area contributed by atoms with Crippen LogP contribution in [0.3, 0.4) is 0 Å². The maximum Gasteiger partial charge on any atom is 0.356 e. The number of hydrogen-bond donors (Lipinski definition) is 2. The number of esters is 1. The van der Waals surface area contributed by atoms with E-state index in [0.29, 0.717) is 11.4 Å². The zero-order valence-corrected chi connectivity index (χ0v) is 24.3. The molecular weight excluding hydrogens is 518 g/mol. The van der Waals surface area contributed by atoms with Crippen molar-refractivity contribution in [2.75, 3.05) is 44.0 Å². The molecule has 0 saturated carbocycles. The highest BCUT2D eigenvalue weighted by atomic mass is 16.5. The third-order valence-corrected chi connectivity index (χ3v) is 7.41. The van der Waals surface area contributed by atoms with Crippen molar-refractivity contribution in [3.63, 3.8) is 0 Å². The van der Waals surface area contributed by atoms with Crippen LogP contribution in [0.5, 0.6) is 0 Å². The van der Waals surface area contributed by atoms with E-state index in [-0.39, 0.29) is 11.1 Å². The third kappa shape index (κ3) is 6.11. The number of amides is 2. The Morgan fingerprint density at radius 2 is 1.73 bits per heavy atom. The number of urea groups is 1. The number of nitrogens with zero attached hydrogens (tertiary/aromatic N) is 3. The zero-order valence-electron chi connectivity index (χ0n) is 24.3. The number of anilines is 2. The van der Waals surface area contributed by atoms with Crippen molar-refractivity contribution < 1.29 is 19.1 Å². The van der Waals surface area contributed by atoms with Gasteiger partial charge in [-0.3, -0.25) is 9.88 Å². The maximum absolute atomic E-state index is 13.4. The normalized spacial score (nSPS) is 14.2. The smallest absolute Gasteiger partial charge is 0.356 e. The molecule has 0 bridgehead atoms. The highest BCUT2D eigenvalue weighted by Crippen LogP contribution is 2.36. The summed E-state index contributed by atoms with van der Waals surface area (Å²) in [6.45, 7) is 10.2. The van der Waals surface area contributed by atoms with Crippen molar-refractivity contribution in [3.05, 3.63) is 77.9 Å². The molecule has 2 amide bonds. The van der Waals surface area contributed by atoms with Crippen molar-refractivity contribution in [1.29, 1.82) is 0 Å². The summed E-state index contributed by atoms with van der Waals surface area (Å²) in [5, 5.41) is 7.96. The molecule has 2 aromatic carbocycles. The van der Waals surface area contributed by atoms with Crippen LogP contribution in [-0.4, -0.2) is 59.9 Å². The Labute approximate surface area is 240 Å². The van der Waals surface area contributed by atoms with Crippen LogP contribution in [0.15, 0.2) is 60.8 Å². The van der Waals surface area contributed by atoms with Crippen LogP contribution in [0, 0.1) is 0 Å². The molecule has 3 heterocycles. The number of hydrogen-bond acceptors (Lipinski definition) is 6. The average Bonchev–Trinajstić information content (AvgIpc) is 3.29. The standard InChI is InChI=1S/C32H37N5O4/c1-32(2,3)27-18-26(29(36(27)4)30(38)40-5)35-31(39)34-25-13-11-21-8-6-7-9-24(21)28(25)22-10-12-23(33-19-22)20-37-14-16-41-17-15-37/h6-13,18-19H,14-17,20H2,1-5H3,(H2,34,35,39). The predicted molar refractivity (Wildman–Crippen MR) is 161 cm³/mol. The van der Waals surface area contributed by atoms with Gasteiger partial charge in [0.2, 0.25) is 0 Å². The first-order valence-electron chi connectivity index (χ1n) is 13.8. The average molecular weight is 556 g/mol. The van der Waals surface area contributed by atoms with Gasteiger partial charge in [-0.1, -0.05) is 57.2 Å². The number of methoxy groups -OCH3 is 1. The second-order valence-electron chi connectivity index (χ2n) is 11.3. The molecule has 0 atom stereocenters. The summed E-state index contributed by atoms with van der Waals surface area (Å²) in [6, 6.07) is 17.4. The van der Waals surface area contributed by atoms with Crippen LogP contribution < -0.4 is 10.6 Å². The highest BCUT2D eigenvalue weighted by molar-refractivity contribution is 6.10. The van der Waals surface area contributed by atoms with E-state index in [1.807, 2.05) is 54.7 Å². The van der Waals surface area contributed by atoms with Crippen molar-refractivity contribution >= 4 is 34.1 Å². The molecular formula is C32H37N5O4. The molecule has 0 aliphatic carbocycles. The molecule has 2 N–H and O–H groups in total. The first-order valence-corrected chi connectivity index (χ1v) is 13.8. The summed E-state index contributed by atoms with van der Waals surface area (Å²) >= 11 is 0. The molecule has 5 rings (SSSR count). The molecule has 4 aromatic rings. The molecule has 1 aliphatic rings. The Morgan fingerprint density at radius 1 is 1.00 bits per heavy atom. The Kier molecular flexibility index (Phi) is 8.10. The number of pyridine rings is 1. The Balaban J connectivity index is 1.45. The van der Waals surface area contributed by atoms with E-state index >= 15 is 0 Å². The van der Waals surface area contributed by atoms with Gasteiger partial charge in [0.05, 0.1) is 37.4 Å². The molecule has 9 nitrogen and oxygen atoms in total. The minimum Gasteiger partial charge on any atom is -0.464 e. The van der Waals surface area contributed by atoms with Crippen molar-refractivity contribution in [3.8, 4) is 11.1 Å². The largest absolute Gasteiger partial charge is 0.464 e. The number of morpholine rings is 1. The lowest BCUT2D eigenvalue weighted by molar-refractivity contribution is 0.0336. The lowest BCUT2D eigenvalue weighted by Crippen LogP contribution is -2.35. The molecule has 41 heavy (non-hydrogen) atoms. The van der Waals surface area contributed by atoms with E-state index in [2.05, 4.69) is 42.4 Å². The minimum atomic E-state index is -0.520. The van der Waals surface area contributed by atoms with Gasteiger partial charge in [-0.15, -0.1) is 0 Å². The summed E-state index contributed by atoms with van der Waals surface area (Å²) in [7, 11) is 3.13. The van der Waals surface area contributed by atoms with Gasteiger partial charge in [0, 0.05) is 55.1 Å². The molecule has 1 aliphatic heterocycles. The van der Waals surface area contributed by atoms with Gasteiger partial charge in [-0.2, -0.15) is 0 Å². The third-order valence-electron chi connectivity index (χ3n) is 7.41. The van der Waals surface area contributed by atoms with E-state index in [0.717, 1.165) is 66.1 Å². The fourth-order valence-electron chi connectivity index (χ4n) is 5.38. The van der Waals surface area contributed by atoms with Crippen LogP contribution in [0.4, 0.5) is 16.2 Å². The SMILES string of the molecule is COC(=O)c1c(NC(=O)Nc2ccc3ccccc3c2-c2ccc(CN3CCOCC3)nc2)cc(C(C)(C)C)n1C. The summed E-state index contributed by atoms with van der Waals surface area (Å²) in [5.41, 5.74) is 4.70. The topological polar surface area (TPSA) is 97.7 Å². The van der Waals surface area contributed by atoms with Gasteiger partial charge in [0.15, 0.2) is 5.69 Å². The molecule has 214 valence electrons. The lowest BCUT2D eigenvalue weighted by atomic mass is 9.92. The minimum absolute atomic E-state index is 0.250. The maximum atomic E-state index is 13.4. The second-order valence-corrected chi connectivity index (χ2v) is 11.3. The first-order chi connectivity index (χ1) is 19.7. The van der Waals surface area contributed by atoms with E-state index < -0.39 is 12.0 Å². The van der Waals surface area contributed by atoms with E-state index in [1.54, 1.807) is 11.6 Å². The Morgan fingerprint density at radius 3 is 2.41 bits per heavy atom. The summed E-state index contributed by atoms with van der Waals surface area (Å²) in [4.78, 5) is 33.1. The van der Waals surface area contributed by atoms with Crippen molar-refractivity contribution in [1.82, 2.24) is 14.5 Å². The van der Waals surface area contributed by atoms with Crippen LogP contribution >= 0.6 is 0 Å². The van der Waals surface area contributed by atoms with Crippen LogP contribution in [0.25, 0.3) is 21.9 Å². The van der Waals surface area contributed by atoms with Crippen LogP contribution in [0.1, 0.15) is 42.6 Å². The number of fused-ring (bicyclic) bond motifs is 1. The fraction of sp³-hybridized carbons (Fsp3) is 0.344. The molecule has 0 radical (unpaired) electrons. The summed E-state index contributed by atoms with van der Waals surface area (Å²) in [5.74, 6) is -0.520. The Bertz CT molecular complexity index is 1560. The van der Waals surface area contributed by atoms with E-state index in [9.17, 15) is 9.59 Å². The fourth-order valence-corrected chi connectivity index (χ4v) is 5.38. The molecule has 2 aromatic heterocycles. The van der Waals surface area contributed by atoms with Gasteiger partial charge >= 0.3 is 12.0 Å². The van der Waals surface area contributed by atoms with Gasteiger partial charge in [0.1, 0.15) is 0 Å². The lowest BCUT2D eigenvalue weighted by Gasteiger charge is -2.26. The number of rotatable bonds is 6. The highest BCUT2D eigenvalue weighted by Gasteiger charge is 2.27. The number of carbonyl (C=O) groups is 2. The number of carbonyl (C=O) groups excluding carboxylic acids is 2. The van der Waals surface area contributed by atoms with Crippen LogP contribution in [0.2, 0.25) is 0 Å². The monoisotopic (exact) mass is 555 g/mol. The number of aromatic nitrogens is 2. The number of ether oxygens (including phenoxy) is 2.